The molecule has 0 aliphatic heterocycles. The Labute approximate surface area is 147 Å². The summed E-state index contributed by atoms with van der Waals surface area (Å²) in [6.07, 6.45) is 0. The van der Waals surface area contributed by atoms with Gasteiger partial charge in [0.15, 0.2) is 0 Å². The minimum absolute atomic E-state index is 0.200. The highest BCUT2D eigenvalue weighted by atomic mass is 79.9. The Balaban J connectivity index is 0.000000198. The number of nitrogens with zero attached hydrogens (tertiary/aromatic N) is 1. The number of aromatic amines is 1. The largest absolute Gasteiger partial charge is 0.478 e. The molecule has 126 valence electrons. The summed E-state index contributed by atoms with van der Waals surface area (Å²) in [5, 5.41) is 8.93. The molecular formula is C17H18BrN3O3. The molecule has 0 atom stereocenters. The van der Waals surface area contributed by atoms with E-state index < -0.39 is 5.97 Å². The molecule has 0 bridgehead atoms. The van der Waals surface area contributed by atoms with Crippen LogP contribution in [0.2, 0.25) is 0 Å². The standard InChI is InChI=1S/C10H10N2O3.C7H8BrN/c1-2-15-10-11-7-5-3-4-6(9(13)14)8(7)12-10;8-7-3-1-6(5-9)2-4-7/h3-5H,2H2,1H3,(H,11,12)(H,13,14);1-4H,5,9H2. The molecule has 4 N–H and O–H groups in total. The molecule has 24 heavy (non-hydrogen) atoms. The van der Waals surface area contributed by atoms with Crippen LogP contribution in [0.3, 0.4) is 0 Å². The number of para-hydroxylation sites is 1. The van der Waals surface area contributed by atoms with Gasteiger partial charge in [0.1, 0.15) is 0 Å². The fourth-order valence-electron chi connectivity index (χ4n) is 2.01. The number of nitrogens with two attached hydrogens (primary N) is 1. The number of aromatic nitrogens is 2. The number of halogens is 1. The summed E-state index contributed by atoms with van der Waals surface area (Å²) in [5.74, 6) is -0.979. The van der Waals surface area contributed by atoms with Crippen molar-refractivity contribution < 1.29 is 14.6 Å². The van der Waals surface area contributed by atoms with Crippen LogP contribution in [-0.4, -0.2) is 27.7 Å². The zero-order valence-electron chi connectivity index (χ0n) is 13.1. The smallest absolute Gasteiger partial charge is 0.337 e. The Morgan fingerprint density at radius 2 is 2.00 bits per heavy atom. The highest BCUT2D eigenvalue weighted by Gasteiger charge is 2.11. The number of imidazole rings is 1. The lowest BCUT2D eigenvalue weighted by Crippen LogP contribution is -1.97. The molecule has 0 saturated carbocycles. The number of H-pyrrole nitrogens is 1. The van der Waals surface area contributed by atoms with Crippen LogP contribution in [0.5, 0.6) is 6.01 Å². The van der Waals surface area contributed by atoms with E-state index in [9.17, 15) is 4.79 Å². The molecule has 0 radical (unpaired) electrons. The van der Waals surface area contributed by atoms with Gasteiger partial charge in [-0.15, -0.1) is 0 Å². The second kappa shape index (κ2) is 8.47. The maximum atomic E-state index is 10.9. The second-order valence-electron chi connectivity index (χ2n) is 4.81. The summed E-state index contributed by atoms with van der Waals surface area (Å²) >= 11 is 3.33. The number of ether oxygens (including phenoxy) is 1. The van der Waals surface area contributed by atoms with Gasteiger partial charge >= 0.3 is 5.97 Å². The van der Waals surface area contributed by atoms with Gasteiger partial charge in [-0.3, -0.25) is 0 Å². The molecule has 0 fully saturated rings. The van der Waals surface area contributed by atoms with Crippen molar-refractivity contribution in [2.24, 2.45) is 5.73 Å². The van der Waals surface area contributed by atoms with Crippen LogP contribution in [-0.2, 0) is 6.54 Å². The average Bonchev–Trinajstić information content (AvgIpc) is 2.98. The third-order valence-corrected chi connectivity index (χ3v) is 3.69. The number of hydrogen-bond donors (Lipinski definition) is 3. The first-order valence-corrected chi connectivity index (χ1v) is 8.13. The predicted octanol–water partition coefficient (Wildman–Crippen LogP) is 3.57. The average molecular weight is 392 g/mol. The molecule has 0 aliphatic rings. The normalized spacial score (nSPS) is 10.1. The summed E-state index contributed by atoms with van der Waals surface area (Å²) < 4.78 is 6.26. The molecule has 6 nitrogen and oxygen atoms in total. The van der Waals surface area contributed by atoms with E-state index in [1.54, 1.807) is 12.1 Å². The predicted molar refractivity (Wildman–Crippen MR) is 96.3 cm³/mol. The number of hydrogen-bond acceptors (Lipinski definition) is 4. The first-order chi connectivity index (χ1) is 11.5. The van der Waals surface area contributed by atoms with Crippen molar-refractivity contribution in [3.8, 4) is 6.01 Å². The van der Waals surface area contributed by atoms with Crippen molar-refractivity contribution in [3.63, 3.8) is 0 Å². The summed E-state index contributed by atoms with van der Waals surface area (Å²) in [6.45, 7) is 2.95. The maximum absolute atomic E-state index is 10.9. The van der Waals surface area contributed by atoms with Crippen molar-refractivity contribution in [3.05, 3.63) is 58.1 Å². The molecule has 1 heterocycles. The van der Waals surface area contributed by atoms with E-state index in [0.717, 1.165) is 4.47 Å². The van der Waals surface area contributed by atoms with Crippen LogP contribution in [0.25, 0.3) is 11.0 Å². The van der Waals surface area contributed by atoms with Gasteiger partial charge in [-0.1, -0.05) is 34.1 Å². The van der Waals surface area contributed by atoms with E-state index in [2.05, 4.69) is 25.9 Å². The third-order valence-electron chi connectivity index (χ3n) is 3.16. The molecule has 7 heteroatoms. The molecule has 2 aromatic carbocycles. The van der Waals surface area contributed by atoms with Gasteiger partial charge in [0.25, 0.3) is 6.01 Å². The lowest BCUT2D eigenvalue weighted by Gasteiger charge is -1.95. The first kappa shape index (κ1) is 18.0. The van der Waals surface area contributed by atoms with Crippen LogP contribution >= 0.6 is 15.9 Å². The van der Waals surface area contributed by atoms with Crippen LogP contribution in [0, 0.1) is 0 Å². The molecule has 0 spiro atoms. The van der Waals surface area contributed by atoms with Crippen LogP contribution < -0.4 is 10.5 Å². The summed E-state index contributed by atoms with van der Waals surface area (Å²) in [5.41, 5.74) is 7.84. The van der Waals surface area contributed by atoms with Crippen molar-refractivity contribution in [1.29, 1.82) is 0 Å². The SMILES string of the molecule is CCOc1nc2cccc(C(=O)O)c2[nH]1.NCc1ccc(Br)cc1. The Kier molecular flexibility index (Phi) is 6.34. The van der Waals surface area contributed by atoms with Crippen LogP contribution in [0.15, 0.2) is 46.9 Å². The van der Waals surface area contributed by atoms with Crippen molar-refractivity contribution in [2.45, 2.75) is 13.5 Å². The fraction of sp³-hybridized carbons (Fsp3) is 0.176. The molecular weight excluding hydrogens is 374 g/mol. The molecule has 3 aromatic rings. The number of nitrogens with one attached hydrogen (secondary N) is 1. The van der Waals surface area contributed by atoms with Gasteiger partial charge in [0.05, 0.1) is 23.2 Å². The summed E-state index contributed by atoms with van der Waals surface area (Å²) in [4.78, 5) is 17.8. The third kappa shape index (κ3) is 4.56. The minimum atomic E-state index is -0.979. The first-order valence-electron chi connectivity index (χ1n) is 7.34. The number of aromatic carboxylic acids is 1. The van der Waals surface area contributed by atoms with E-state index in [-0.39, 0.29) is 5.56 Å². The Morgan fingerprint density at radius 1 is 1.29 bits per heavy atom. The van der Waals surface area contributed by atoms with Gasteiger partial charge in [0, 0.05) is 11.0 Å². The number of carboxylic acids is 1. The highest BCUT2D eigenvalue weighted by molar-refractivity contribution is 9.10. The Hall–Kier alpha value is -2.38. The van der Waals surface area contributed by atoms with E-state index in [1.165, 1.54) is 11.6 Å². The van der Waals surface area contributed by atoms with Crippen LogP contribution in [0.4, 0.5) is 0 Å². The lowest BCUT2D eigenvalue weighted by atomic mass is 10.2. The Bertz CT molecular complexity index is 816. The zero-order valence-corrected chi connectivity index (χ0v) is 14.7. The molecule has 0 aliphatic carbocycles. The van der Waals surface area contributed by atoms with Gasteiger partial charge in [-0.05, 0) is 36.8 Å². The number of carboxylic acid groups (broad SMARTS) is 1. The van der Waals surface area contributed by atoms with Gasteiger partial charge < -0.3 is 20.6 Å². The van der Waals surface area contributed by atoms with Gasteiger partial charge in [-0.25, -0.2) is 4.79 Å². The van der Waals surface area contributed by atoms with Gasteiger partial charge in [-0.2, -0.15) is 4.98 Å². The Morgan fingerprint density at radius 3 is 2.58 bits per heavy atom. The highest BCUT2D eigenvalue weighted by Crippen LogP contribution is 2.19. The minimum Gasteiger partial charge on any atom is -0.478 e. The molecule has 1 aromatic heterocycles. The monoisotopic (exact) mass is 391 g/mol. The molecule has 3 rings (SSSR count). The molecule has 0 saturated heterocycles. The van der Waals surface area contributed by atoms with Crippen molar-refractivity contribution >= 4 is 32.9 Å². The second-order valence-corrected chi connectivity index (χ2v) is 5.73. The quantitative estimate of drug-likeness (QED) is 0.630. The molecule has 0 unspecified atom stereocenters. The van der Waals surface area contributed by atoms with Crippen molar-refractivity contribution in [1.82, 2.24) is 9.97 Å². The summed E-state index contributed by atoms with van der Waals surface area (Å²) in [6, 6.07) is 13.3. The van der Waals surface area contributed by atoms with E-state index in [0.29, 0.717) is 30.2 Å². The maximum Gasteiger partial charge on any atom is 0.337 e. The molecule has 0 amide bonds. The lowest BCUT2D eigenvalue weighted by molar-refractivity contribution is 0.0699. The zero-order chi connectivity index (χ0) is 17.5. The van der Waals surface area contributed by atoms with E-state index in [1.807, 2.05) is 31.2 Å². The number of carbonyl (C=O) groups is 1. The number of rotatable bonds is 4. The van der Waals surface area contributed by atoms with Crippen LogP contribution in [0.1, 0.15) is 22.8 Å². The fourth-order valence-corrected chi connectivity index (χ4v) is 2.28. The number of benzene rings is 2. The summed E-state index contributed by atoms with van der Waals surface area (Å²) in [7, 11) is 0. The van der Waals surface area contributed by atoms with E-state index in [4.69, 9.17) is 15.6 Å². The van der Waals surface area contributed by atoms with E-state index >= 15 is 0 Å². The van der Waals surface area contributed by atoms with Gasteiger partial charge in [0.2, 0.25) is 0 Å². The number of fused-ring (bicyclic) bond motifs is 1. The topological polar surface area (TPSA) is 101 Å². The van der Waals surface area contributed by atoms with Crippen molar-refractivity contribution in [2.75, 3.05) is 6.61 Å².